The maximum absolute atomic E-state index is 12.8. The number of H-pyrrole nitrogens is 1. The van der Waals surface area contributed by atoms with Crippen molar-refractivity contribution in [3.05, 3.63) is 70.4 Å². The zero-order chi connectivity index (χ0) is 22.4. The number of hydrogen-bond acceptors (Lipinski definition) is 6. The van der Waals surface area contributed by atoms with Crippen molar-refractivity contribution in [3.8, 4) is 17.4 Å². The molecule has 3 rings (SSSR count). The fourth-order valence-corrected chi connectivity index (χ4v) is 2.85. The molecule has 1 aromatic carbocycles. The van der Waals surface area contributed by atoms with Gasteiger partial charge in [0.05, 0.1) is 6.04 Å². The first-order valence-corrected chi connectivity index (χ1v) is 9.30. The number of rotatable bonds is 7. The molecule has 0 unspecified atom stereocenters. The van der Waals surface area contributed by atoms with E-state index in [4.69, 9.17) is 0 Å². The fourth-order valence-electron chi connectivity index (χ4n) is 2.85. The molecular formula is C20H18F3N5O3. The summed E-state index contributed by atoms with van der Waals surface area (Å²) in [5.41, 5.74) is -0.103. The summed E-state index contributed by atoms with van der Waals surface area (Å²) in [6, 6.07) is 7.37. The molecule has 0 bridgehead atoms. The van der Waals surface area contributed by atoms with Gasteiger partial charge in [-0.3, -0.25) is 9.59 Å². The minimum Gasteiger partial charge on any atom is -0.406 e. The third-order valence-corrected chi connectivity index (χ3v) is 4.15. The van der Waals surface area contributed by atoms with E-state index in [9.17, 15) is 22.8 Å². The Morgan fingerprint density at radius 2 is 1.87 bits per heavy atom. The number of carbonyl (C=O) groups is 1. The minimum atomic E-state index is -4.79. The molecule has 3 aromatic rings. The van der Waals surface area contributed by atoms with Gasteiger partial charge in [0.15, 0.2) is 11.6 Å². The number of benzene rings is 1. The zero-order valence-electron chi connectivity index (χ0n) is 16.3. The van der Waals surface area contributed by atoms with Crippen molar-refractivity contribution < 1.29 is 22.7 Å². The first kappa shape index (κ1) is 21.9. The predicted molar refractivity (Wildman–Crippen MR) is 104 cm³/mol. The SMILES string of the molecule is CCC[C@@H](NC(=O)c1cc(=O)[nH]c(-c2ncccn2)n1)c1ccc(OC(F)(F)F)cc1. The van der Waals surface area contributed by atoms with Gasteiger partial charge in [0.2, 0.25) is 0 Å². The Kier molecular flexibility index (Phi) is 6.63. The van der Waals surface area contributed by atoms with Crippen molar-refractivity contribution in [3.63, 3.8) is 0 Å². The van der Waals surface area contributed by atoms with Crippen LogP contribution in [0.25, 0.3) is 11.6 Å². The van der Waals surface area contributed by atoms with Crippen molar-refractivity contribution in [1.82, 2.24) is 25.3 Å². The smallest absolute Gasteiger partial charge is 0.406 e. The number of ether oxygens (including phenoxy) is 1. The molecule has 0 aliphatic heterocycles. The molecule has 2 aromatic heterocycles. The van der Waals surface area contributed by atoms with Crippen molar-refractivity contribution in [1.29, 1.82) is 0 Å². The van der Waals surface area contributed by atoms with E-state index in [0.717, 1.165) is 6.07 Å². The van der Waals surface area contributed by atoms with Gasteiger partial charge in [-0.05, 0) is 30.2 Å². The highest BCUT2D eigenvalue weighted by molar-refractivity contribution is 5.92. The molecule has 0 spiro atoms. The lowest BCUT2D eigenvalue weighted by molar-refractivity contribution is -0.274. The number of aromatic nitrogens is 4. The van der Waals surface area contributed by atoms with E-state index in [1.165, 1.54) is 36.7 Å². The average Bonchev–Trinajstić information content (AvgIpc) is 2.73. The molecule has 8 nitrogen and oxygen atoms in total. The van der Waals surface area contributed by atoms with Crippen LogP contribution in [0, 0.1) is 0 Å². The molecule has 0 aliphatic carbocycles. The third-order valence-electron chi connectivity index (χ3n) is 4.15. The maximum atomic E-state index is 12.8. The Hall–Kier alpha value is -3.76. The molecule has 0 radical (unpaired) electrons. The van der Waals surface area contributed by atoms with Gasteiger partial charge in [0.25, 0.3) is 11.5 Å². The number of halogens is 3. The lowest BCUT2D eigenvalue weighted by atomic mass is 10.0. The van der Waals surface area contributed by atoms with Crippen LogP contribution in [0.5, 0.6) is 5.75 Å². The summed E-state index contributed by atoms with van der Waals surface area (Å²) in [6.45, 7) is 1.90. The normalized spacial score (nSPS) is 12.3. The lowest BCUT2D eigenvalue weighted by Gasteiger charge is -2.19. The van der Waals surface area contributed by atoms with Gasteiger partial charge in [-0.25, -0.2) is 15.0 Å². The number of nitrogens with one attached hydrogen (secondary N) is 2. The number of amides is 1. The van der Waals surface area contributed by atoms with Crippen LogP contribution >= 0.6 is 0 Å². The maximum Gasteiger partial charge on any atom is 0.573 e. The van der Waals surface area contributed by atoms with Gasteiger partial charge in [0.1, 0.15) is 11.4 Å². The fraction of sp³-hybridized carbons (Fsp3) is 0.250. The van der Waals surface area contributed by atoms with E-state index in [0.29, 0.717) is 18.4 Å². The summed E-state index contributed by atoms with van der Waals surface area (Å²) in [4.78, 5) is 39.3. The van der Waals surface area contributed by atoms with Gasteiger partial charge in [-0.1, -0.05) is 25.5 Å². The van der Waals surface area contributed by atoms with Crippen molar-refractivity contribution in [2.45, 2.75) is 32.2 Å². The number of hydrogen-bond donors (Lipinski definition) is 2. The van der Waals surface area contributed by atoms with Crippen LogP contribution in [-0.2, 0) is 0 Å². The van der Waals surface area contributed by atoms with E-state index < -0.39 is 23.9 Å². The second kappa shape index (κ2) is 9.37. The highest BCUT2D eigenvalue weighted by Gasteiger charge is 2.31. The van der Waals surface area contributed by atoms with Crippen molar-refractivity contribution in [2.24, 2.45) is 0 Å². The summed E-state index contributed by atoms with van der Waals surface area (Å²) < 4.78 is 40.9. The van der Waals surface area contributed by atoms with Crippen LogP contribution in [0.2, 0.25) is 0 Å². The second-order valence-corrected chi connectivity index (χ2v) is 6.48. The molecule has 0 aliphatic rings. The highest BCUT2D eigenvalue weighted by Crippen LogP contribution is 2.26. The molecule has 2 N–H and O–H groups in total. The highest BCUT2D eigenvalue weighted by atomic mass is 19.4. The second-order valence-electron chi connectivity index (χ2n) is 6.48. The molecule has 11 heteroatoms. The van der Waals surface area contributed by atoms with Crippen LogP contribution < -0.4 is 15.6 Å². The Labute approximate surface area is 174 Å². The van der Waals surface area contributed by atoms with Crippen LogP contribution in [0.4, 0.5) is 13.2 Å². The van der Waals surface area contributed by atoms with Crippen molar-refractivity contribution in [2.75, 3.05) is 0 Å². The van der Waals surface area contributed by atoms with Crippen LogP contribution in [-0.4, -0.2) is 32.2 Å². The molecule has 0 saturated carbocycles. The molecule has 162 valence electrons. The summed E-state index contributed by atoms with van der Waals surface area (Å²) in [5, 5.41) is 2.77. The number of aromatic amines is 1. The standard InChI is InChI=1S/C20H18F3N5O3/c1-2-4-14(12-5-7-13(8-6-12)31-20(21,22)23)27-19(30)15-11-16(29)28-18(26-15)17-24-9-3-10-25-17/h3,5-11,14H,2,4H2,1H3,(H,27,30)(H,26,28,29)/t14-/m1/s1. The summed E-state index contributed by atoms with van der Waals surface area (Å²) >= 11 is 0. The van der Waals surface area contributed by atoms with Gasteiger partial charge < -0.3 is 15.0 Å². The Balaban J connectivity index is 1.81. The number of carbonyl (C=O) groups excluding carboxylic acids is 1. The van der Waals surface area contributed by atoms with E-state index >= 15 is 0 Å². The number of alkyl halides is 3. The Bertz CT molecular complexity index is 1090. The largest absolute Gasteiger partial charge is 0.573 e. The Morgan fingerprint density at radius 3 is 2.48 bits per heavy atom. The first-order valence-electron chi connectivity index (χ1n) is 9.30. The molecule has 1 amide bonds. The molecule has 0 fully saturated rings. The molecular weight excluding hydrogens is 415 g/mol. The summed E-state index contributed by atoms with van der Waals surface area (Å²) in [6.07, 6.45) is -0.636. The van der Waals surface area contributed by atoms with Crippen LogP contribution in [0.15, 0.2) is 53.6 Å². The summed E-state index contributed by atoms with van der Waals surface area (Å²) in [7, 11) is 0. The van der Waals surface area contributed by atoms with Gasteiger partial charge in [-0.15, -0.1) is 13.2 Å². The minimum absolute atomic E-state index is 0.0407. The number of nitrogens with zero attached hydrogens (tertiary/aromatic N) is 3. The molecule has 0 saturated heterocycles. The topological polar surface area (TPSA) is 110 Å². The van der Waals surface area contributed by atoms with Crippen molar-refractivity contribution >= 4 is 5.91 Å². The first-order chi connectivity index (χ1) is 14.7. The van der Waals surface area contributed by atoms with E-state index in [2.05, 4.69) is 30.0 Å². The van der Waals surface area contributed by atoms with E-state index in [-0.39, 0.29) is 23.1 Å². The third kappa shape index (κ3) is 6.11. The van der Waals surface area contributed by atoms with E-state index in [1.807, 2.05) is 6.92 Å². The van der Waals surface area contributed by atoms with Crippen LogP contribution in [0.1, 0.15) is 41.9 Å². The Morgan fingerprint density at radius 1 is 1.19 bits per heavy atom. The van der Waals surface area contributed by atoms with Gasteiger partial charge in [-0.2, -0.15) is 0 Å². The average molecular weight is 433 g/mol. The zero-order valence-corrected chi connectivity index (χ0v) is 16.3. The van der Waals surface area contributed by atoms with Crippen LogP contribution in [0.3, 0.4) is 0 Å². The van der Waals surface area contributed by atoms with Gasteiger partial charge in [0, 0.05) is 18.5 Å². The lowest BCUT2D eigenvalue weighted by Crippen LogP contribution is -2.30. The monoisotopic (exact) mass is 433 g/mol. The molecule has 31 heavy (non-hydrogen) atoms. The predicted octanol–water partition coefficient (Wildman–Crippen LogP) is 3.40. The summed E-state index contributed by atoms with van der Waals surface area (Å²) in [5.74, 6) is -0.780. The molecule has 1 atom stereocenters. The van der Waals surface area contributed by atoms with E-state index in [1.54, 1.807) is 6.07 Å². The quantitative estimate of drug-likeness (QED) is 0.591. The van der Waals surface area contributed by atoms with Gasteiger partial charge >= 0.3 is 6.36 Å². The molecule has 2 heterocycles.